The number of esters is 1. The Morgan fingerprint density at radius 3 is 2.48 bits per heavy atom. The molecule has 0 atom stereocenters. The van der Waals surface area contributed by atoms with Gasteiger partial charge >= 0.3 is 5.97 Å². The Labute approximate surface area is 140 Å². The molecule has 0 saturated carbocycles. The van der Waals surface area contributed by atoms with E-state index in [1.807, 2.05) is 19.1 Å². The maximum atomic E-state index is 11.4. The molecule has 0 saturated heterocycles. The number of nitrogens with zero attached hydrogens (tertiary/aromatic N) is 1. The van der Waals surface area contributed by atoms with Crippen LogP contribution in [0.5, 0.6) is 5.75 Å². The molecule has 5 nitrogen and oxygen atoms in total. The molecule has 21 heavy (non-hydrogen) atoms. The van der Waals surface area contributed by atoms with Gasteiger partial charge in [0, 0.05) is 6.42 Å². The molecule has 0 spiro atoms. The molecule has 0 radical (unpaired) electrons. The van der Waals surface area contributed by atoms with E-state index in [9.17, 15) is 4.79 Å². The summed E-state index contributed by atoms with van der Waals surface area (Å²) in [4.78, 5) is 11.4. The first kappa shape index (κ1) is 18.0. The standard InChI is InChI=1S/C14H17Br2NO4/c1-3-20-14(18)12(17-19)5-4-6-21-13-10(15)7-9(2)8-11(13)16/h7-8,19H,3-6H2,1-2H3/b17-12-. The molecule has 0 heterocycles. The Bertz CT molecular complexity index is 509. The molecule has 0 aliphatic rings. The van der Waals surface area contributed by atoms with E-state index in [0.29, 0.717) is 18.8 Å². The van der Waals surface area contributed by atoms with Gasteiger partial charge in [-0.05, 0) is 69.8 Å². The van der Waals surface area contributed by atoms with Gasteiger partial charge in [0.25, 0.3) is 0 Å². The third kappa shape index (κ3) is 5.67. The summed E-state index contributed by atoms with van der Waals surface area (Å²) < 4.78 is 12.2. The second kappa shape index (κ2) is 9.04. The molecule has 0 amide bonds. The van der Waals surface area contributed by atoms with Crippen LogP contribution in [0.15, 0.2) is 26.2 Å². The van der Waals surface area contributed by atoms with Gasteiger partial charge in [-0.15, -0.1) is 0 Å². The molecular weight excluding hydrogens is 406 g/mol. The zero-order valence-electron chi connectivity index (χ0n) is 11.9. The molecule has 1 aromatic rings. The number of ether oxygens (including phenoxy) is 2. The van der Waals surface area contributed by atoms with Crippen LogP contribution < -0.4 is 4.74 Å². The summed E-state index contributed by atoms with van der Waals surface area (Å²) in [6.07, 6.45) is 0.821. The van der Waals surface area contributed by atoms with Crippen molar-refractivity contribution in [1.29, 1.82) is 0 Å². The monoisotopic (exact) mass is 421 g/mol. The summed E-state index contributed by atoms with van der Waals surface area (Å²) in [5.74, 6) is 0.108. The molecule has 1 N–H and O–H groups in total. The van der Waals surface area contributed by atoms with Crippen molar-refractivity contribution < 1.29 is 19.5 Å². The Morgan fingerprint density at radius 1 is 1.33 bits per heavy atom. The number of rotatable bonds is 7. The first-order valence-electron chi connectivity index (χ1n) is 6.46. The summed E-state index contributed by atoms with van der Waals surface area (Å²) in [6, 6.07) is 3.92. The fourth-order valence-corrected chi connectivity index (χ4v) is 3.29. The van der Waals surface area contributed by atoms with Crippen LogP contribution >= 0.6 is 31.9 Å². The summed E-state index contributed by atoms with van der Waals surface area (Å²) in [5.41, 5.74) is 1.11. The van der Waals surface area contributed by atoms with Crippen LogP contribution in [0.2, 0.25) is 0 Å². The molecule has 0 unspecified atom stereocenters. The van der Waals surface area contributed by atoms with Gasteiger partial charge in [-0.25, -0.2) is 4.79 Å². The molecule has 1 aromatic carbocycles. The maximum Gasteiger partial charge on any atom is 0.356 e. The average Bonchev–Trinajstić information content (AvgIpc) is 2.41. The summed E-state index contributed by atoms with van der Waals surface area (Å²) in [5, 5.41) is 11.8. The van der Waals surface area contributed by atoms with Gasteiger partial charge in [0.05, 0.1) is 22.2 Å². The highest BCUT2D eigenvalue weighted by atomic mass is 79.9. The third-order valence-electron chi connectivity index (χ3n) is 2.58. The number of halogens is 2. The summed E-state index contributed by atoms with van der Waals surface area (Å²) in [6.45, 7) is 4.32. The van der Waals surface area contributed by atoms with Crippen molar-refractivity contribution in [3.63, 3.8) is 0 Å². The highest BCUT2D eigenvalue weighted by Gasteiger charge is 2.13. The van der Waals surface area contributed by atoms with E-state index < -0.39 is 5.97 Å². The lowest BCUT2D eigenvalue weighted by molar-refractivity contribution is -0.135. The number of carbonyl (C=O) groups excluding carboxylic acids is 1. The highest BCUT2D eigenvalue weighted by Crippen LogP contribution is 2.34. The second-order valence-electron chi connectivity index (χ2n) is 4.28. The molecule has 1 rings (SSSR count). The number of hydrogen-bond donors (Lipinski definition) is 1. The van der Waals surface area contributed by atoms with Crippen molar-refractivity contribution in [3.05, 3.63) is 26.6 Å². The van der Waals surface area contributed by atoms with E-state index in [-0.39, 0.29) is 18.7 Å². The molecule has 0 aliphatic carbocycles. The van der Waals surface area contributed by atoms with Crippen molar-refractivity contribution in [3.8, 4) is 5.75 Å². The van der Waals surface area contributed by atoms with Crippen LogP contribution in [-0.4, -0.2) is 30.1 Å². The fraction of sp³-hybridized carbons (Fsp3) is 0.429. The number of hydrogen-bond acceptors (Lipinski definition) is 5. The molecule has 7 heteroatoms. The Morgan fingerprint density at radius 2 is 1.95 bits per heavy atom. The molecule has 0 fully saturated rings. The number of carbonyl (C=O) groups is 1. The zero-order chi connectivity index (χ0) is 15.8. The first-order chi connectivity index (χ1) is 9.99. The Hall–Kier alpha value is -1.08. The minimum atomic E-state index is -0.599. The smallest absolute Gasteiger partial charge is 0.356 e. The van der Waals surface area contributed by atoms with E-state index in [0.717, 1.165) is 14.5 Å². The molecule has 0 bridgehead atoms. The Balaban J connectivity index is 2.49. The maximum absolute atomic E-state index is 11.4. The van der Waals surface area contributed by atoms with Crippen LogP contribution in [0.1, 0.15) is 25.3 Å². The molecule has 0 aromatic heterocycles. The lowest BCUT2D eigenvalue weighted by Crippen LogP contribution is -2.18. The van der Waals surface area contributed by atoms with Gasteiger partial charge in [-0.1, -0.05) is 5.16 Å². The largest absolute Gasteiger partial charge is 0.491 e. The topological polar surface area (TPSA) is 68.1 Å². The van der Waals surface area contributed by atoms with Gasteiger partial charge in [0.15, 0.2) is 5.71 Å². The Kier molecular flexibility index (Phi) is 7.74. The highest BCUT2D eigenvalue weighted by molar-refractivity contribution is 9.11. The van der Waals surface area contributed by atoms with Crippen molar-refractivity contribution in [2.45, 2.75) is 26.7 Å². The van der Waals surface area contributed by atoms with E-state index in [4.69, 9.17) is 14.7 Å². The minimum absolute atomic E-state index is 0.00230. The average molecular weight is 423 g/mol. The number of oxime groups is 1. The van der Waals surface area contributed by atoms with E-state index in [2.05, 4.69) is 37.0 Å². The number of benzene rings is 1. The van der Waals surface area contributed by atoms with Crippen LogP contribution in [-0.2, 0) is 9.53 Å². The zero-order valence-corrected chi connectivity index (χ0v) is 15.0. The third-order valence-corrected chi connectivity index (χ3v) is 3.76. The van der Waals surface area contributed by atoms with Crippen LogP contribution in [0.4, 0.5) is 0 Å². The van der Waals surface area contributed by atoms with Gasteiger partial charge in [-0.2, -0.15) is 0 Å². The predicted molar refractivity (Wildman–Crippen MR) is 87.2 cm³/mol. The molecule has 116 valence electrons. The van der Waals surface area contributed by atoms with Gasteiger partial charge in [0.1, 0.15) is 5.75 Å². The fourth-order valence-electron chi connectivity index (χ4n) is 1.65. The predicted octanol–water partition coefficient (Wildman–Crippen LogP) is 4.07. The SMILES string of the molecule is CCOC(=O)/C(CCCOc1c(Br)cc(C)cc1Br)=N\O. The van der Waals surface area contributed by atoms with Crippen molar-refractivity contribution >= 4 is 43.5 Å². The molecule has 0 aliphatic heterocycles. The van der Waals surface area contributed by atoms with Gasteiger partial charge in [0.2, 0.25) is 0 Å². The molecular formula is C14H17Br2NO4. The first-order valence-corrected chi connectivity index (χ1v) is 8.04. The summed E-state index contributed by atoms with van der Waals surface area (Å²) >= 11 is 6.89. The normalized spacial score (nSPS) is 11.3. The van der Waals surface area contributed by atoms with Crippen molar-refractivity contribution in [2.24, 2.45) is 5.16 Å². The summed E-state index contributed by atoms with van der Waals surface area (Å²) in [7, 11) is 0. The lowest BCUT2D eigenvalue weighted by atomic mass is 10.2. The van der Waals surface area contributed by atoms with Gasteiger partial charge < -0.3 is 14.7 Å². The van der Waals surface area contributed by atoms with E-state index in [1.165, 1.54) is 0 Å². The quantitative estimate of drug-likeness (QED) is 0.236. The van der Waals surface area contributed by atoms with E-state index >= 15 is 0 Å². The van der Waals surface area contributed by atoms with Gasteiger partial charge in [-0.3, -0.25) is 0 Å². The lowest BCUT2D eigenvalue weighted by Gasteiger charge is -2.11. The van der Waals surface area contributed by atoms with Crippen LogP contribution in [0.25, 0.3) is 0 Å². The van der Waals surface area contributed by atoms with Crippen LogP contribution in [0, 0.1) is 6.92 Å². The van der Waals surface area contributed by atoms with E-state index in [1.54, 1.807) is 6.92 Å². The van der Waals surface area contributed by atoms with Crippen LogP contribution in [0.3, 0.4) is 0 Å². The second-order valence-corrected chi connectivity index (χ2v) is 5.99. The minimum Gasteiger partial charge on any atom is -0.491 e. The van der Waals surface area contributed by atoms with Crippen molar-refractivity contribution in [2.75, 3.05) is 13.2 Å². The van der Waals surface area contributed by atoms with Crippen molar-refractivity contribution in [1.82, 2.24) is 0 Å². The number of aryl methyl sites for hydroxylation is 1.